The molecule has 3 saturated carbocycles. The number of aldehydes is 1. The molecule has 1 N–H and O–H groups in total. The zero-order valence-corrected chi connectivity index (χ0v) is 17.2. The Morgan fingerprint density at radius 1 is 1.31 bits per heavy atom. The Morgan fingerprint density at radius 2 is 2.00 bits per heavy atom. The van der Waals surface area contributed by atoms with Gasteiger partial charge in [0.25, 0.3) is 5.91 Å². The molecule has 4 rings (SSSR count). The standard InChI is InChI=1S/C20H25NO2S.C2H6/c1-5-14-15(11-24-17(14)6-2)19(23)21-18-12(7-8-22)9-13-10-16(18)20(13,3)4;1-2/h5-6,8,11-13,16,18H,1-2,7,9-10H2,3-4H3,(H,21,23);1-2H3/t12?,13?,16?,18-;/m1./s1. The highest BCUT2D eigenvalue weighted by Gasteiger charge is 2.57. The number of fused-ring (bicyclic) bond motifs is 2. The first-order chi connectivity index (χ1) is 12.4. The molecule has 2 bridgehead atoms. The van der Waals surface area contributed by atoms with Gasteiger partial charge in [-0.3, -0.25) is 4.79 Å². The Hall–Kier alpha value is -1.68. The summed E-state index contributed by atoms with van der Waals surface area (Å²) in [7, 11) is 0. The van der Waals surface area contributed by atoms with E-state index in [-0.39, 0.29) is 23.3 Å². The first-order valence-corrected chi connectivity index (χ1v) is 10.4. The van der Waals surface area contributed by atoms with Crippen LogP contribution in [-0.4, -0.2) is 18.2 Å². The van der Waals surface area contributed by atoms with Crippen molar-refractivity contribution >= 4 is 35.7 Å². The first kappa shape index (κ1) is 20.6. The summed E-state index contributed by atoms with van der Waals surface area (Å²) in [5, 5.41) is 5.12. The summed E-state index contributed by atoms with van der Waals surface area (Å²) in [4.78, 5) is 24.9. The second-order valence-corrected chi connectivity index (χ2v) is 8.50. The van der Waals surface area contributed by atoms with Crippen molar-refractivity contribution in [3.05, 3.63) is 34.5 Å². The van der Waals surface area contributed by atoms with Crippen molar-refractivity contribution in [2.24, 2.45) is 23.2 Å². The van der Waals surface area contributed by atoms with Crippen LogP contribution in [0.3, 0.4) is 0 Å². The number of carbonyl (C=O) groups excluding carboxylic acids is 2. The molecule has 1 amide bonds. The largest absolute Gasteiger partial charge is 0.349 e. The Kier molecular flexibility index (Phi) is 6.62. The number of nitrogens with one attached hydrogen (secondary N) is 1. The molecule has 1 heterocycles. The Balaban J connectivity index is 0.00000117. The van der Waals surface area contributed by atoms with Gasteiger partial charge in [0.15, 0.2) is 0 Å². The van der Waals surface area contributed by atoms with Crippen molar-refractivity contribution in [1.29, 1.82) is 0 Å². The topological polar surface area (TPSA) is 46.2 Å². The summed E-state index contributed by atoms with van der Waals surface area (Å²) in [6, 6.07) is 0.0763. The number of thiophene rings is 1. The van der Waals surface area contributed by atoms with Crippen LogP contribution in [0.1, 0.15) is 67.8 Å². The van der Waals surface area contributed by atoms with Gasteiger partial charge in [-0.15, -0.1) is 11.3 Å². The maximum atomic E-state index is 12.9. The lowest BCUT2D eigenvalue weighted by Gasteiger charge is -2.62. The third-order valence-electron chi connectivity index (χ3n) is 6.27. The Morgan fingerprint density at radius 3 is 2.54 bits per heavy atom. The summed E-state index contributed by atoms with van der Waals surface area (Å²) in [6.07, 6.45) is 7.19. The summed E-state index contributed by atoms with van der Waals surface area (Å²) in [6.45, 7) is 16.2. The van der Waals surface area contributed by atoms with Crippen LogP contribution in [0.5, 0.6) is 0 Å². The van der Waals surface area contributed by atoms with Gasteiger partial charge in [-0.05, 0) is 36.0 Å². The van der Waals surface area contributed by atoms with Crippen LogP contribution in [-0.2, 0) is 4.79 Å². The predicted octanol–water partition coefficient (Wildman–Crippen LogP) is 5.43. The number of hydrogen-bond acceptors (Lipinski definition) is 3. The monoisotopic (exact) mass is 373 g/mol. The van der Waals surface area contributed by atoms with Crippen LogP contribution in [0.2, 0.25) is 0 Å². The highest BCUT2D eigenvalue weighted by Crippen LogP contribution is 2.61. The van der Waals surface area contributed by atoms with Crippen LogP contribution in [0.4, 0.5) is 0 Å². The summed E-state index contributed by atoms with van der Waals surface area (Å²) in [5.74, 6) is 1.33. The molecule has 3 aliphatic rings. The van der Waals surface area contributed by atoms with Crippen molar-refractivity contribution in [2.75, 3.05) is 0 Å². The van der Waals surface area contributed by atoms with E-state index in [4.69, 9.17) is 0 Å². The van der Waals surface area contributed by atoms with Crippen molar-refractivity contribution in [3.63, 3.8) is 0 Å². The molecule has 0 aliphatic heterocycles. The van der Waals surface area contributed by atoms with Gasteiger partial charge in [0.05, 0.1) is 5.56 Å². The minimum Gasteiger partial charge on any atom is -0.349 e. The molecule has 0 spiro atoms. The van der Waals surface area contributed by atoms with E-state index in [1.54, 1.807) is 12.2 Å². The molecule has 1 aromatic rings. The highest BCUT2D eigenvalue weighted by molar-refractivity contribution is 7.11. The van der Waals surface area contributed by atoms with Gasteiger partial charge in [-0.1, -0.05) is 53.0 Å². The predicted molar refractivity (Wildman–Crippen MR) is 111 cm³/mol. The first-order valence-electron chi connectivity index (χ1n) is 9.54. The van der Waals surface area contributed by atoms with Gasteiger partial charge in [-0.25, -0.2) is 0 Å². The van der Waals surface area contributed by atoms with E-state index < -0.39 is 0 Å². The molecule has 4 heteroatoms. The molecule has 142 valence electrons. The molecule has 0 saturated heterocycles. The smallest absolute Gasteiger partial charge is 0.252 e. The molecular weight excluding hydrogens is 342 g/mol. The van der Waals surface area contributed by atoms with Crippen LogP contribution in [0.15, 0.2) is 18.5 Å². The Labute approximate surface area is 161 Å². The molecule has 3 unspecified atom stereocenters. The van der Waals surface area contributed by atoms with Gasteiger partial charge in [0.2, 0.25) is 0 Å². The molecule has 0 radical (unpaired) electrons. The quantitative estimate of drug-likeness (QED) is 0.676. The van der Waals surface area contributed by atoms with Crippen LogP contribution >= 0.6 is 11.3 Å². The number of amides is 1. The summed E-state index contributed by atoms with van der Waals surface area (Å²) >= 11 is 1.51. The SMILES string of the molecule is C=Cc1scc(C(=O)N[C@@H]2C(CC=O)CC3CC2C3(C)C)c1C=C.CC. The van der Waals surface area contributed by atoms with Crippen molar-refractivity contribution in [1.82, 2.24) is 5.32 Å². The Bertz CT molecular complexity index is 688. The lowest BCUT2D eigenvalue weighted by molar-refractivity contribution is -0.123. The molecule has 4 atom stereocenters. The molecule has 3 nitrogen and oxygen atoms in total. The number of rotatable bonds is 6. The van der Waals surface area contributed by atoms with E-state index in [1.165, 1.54) is 11.3 Å². The highest BCUT2D eigenvalue weighted by atomic mass is 32.1. The molecule has 3 aliphatic carbocycles. The van der Waals surface area contributed by atoms with E-state index in [0.717, 1.165) is 29.6 Å². The molecule has 26 heavy (non-hydrogen) atoms. The average Bonchev–Trinajstić information content (AvgIpc) is 3.07. The van der Waals surface area contributed by atoms with E-state index in [9.17, 15) is 9.59 Å². The number of carbonyl (C=O) groups is 2. The van der Waals surface area contributed by atoms with Crippen LogP contribution < -0.4 is 5.32 Å². The second kappa shape index (κ2) is 8.34. The molecule has 1 aromatic heterocycles. The zero-order valence-electron chi connectivity index (χ0n) is 16.4. The van der Waals surface area contributed by atoms with Crippen LogP contribution in [0.25, 0.3) is 12.2 Å². The van der Waals surface area contributed by atoms with Gasteiger partial charge in [-0.2, -0.15) is 0 Å². The molecule has 0 aromatic carbocycles. The normalized spacial score (nSPS) is 28.0. The minimum atomic E-state index is -0.0590. The lowest BCUT2D eigenvalue weighted by Crippen LogP contribution is -2.63. The maximum absolute atomic E-state index is 12.9. The van der Waals surface area contributed by atoms with E-state index >= 15 is 0 Å². The fourth-order valence-electron chi connectivity index (χ4n) is 4.65. The van der Waals surface area contributed by atoms with E-state index in [0.29, 0.717) is 23.8 Å². The average molecular weight is 374 g/mol. The van der Waals surface area contributed by atoms with E-state index in [2.05, 4.69) is 32.3 Å². The second-order valence-electron chi connectivity index (χ2n) is 7.59. The van der Waals surface area contributed by atoms with Gasteiger partial charge in [0, 0.05) is 28.3 Å². The van der Waals surface area contributed by atoms with Gasteiger partial charge < -0.3 is 10.1 Å². The number of hydrogen-bond donors (Lipinski definition) is 1. The van der Waals surface area contributed by atoms with E-state index in [1.807, 2.05) is 19.2 Å². The van der Waals surface area contributed by atoms with Gasteiger partial charge >= 0.3 is 0 Å². The van der Waals surface area contributed by atoms with Gasteiger partial charge in [0.1, 0.15) is 6.29 Å². The maximum Gasteiger partial charge on any atom is 0.252 e. The molecule has 3 fully saturated rings. The zero-order chi connectivity index (χ0) is 19.5. The van der Waals surface area contributed by atoms with Crippen molar-refractivity contribution in [3.8, 4) is 0 Å². The third kappa shape index (κ3) is 3.44. The molecular formula is C22H31NO2S. The fourth-order valence-corrected chi connectivity index (χ4v) is 5.54. The lowest BCUT2D eigenvalue weighted by atomic mass is 9.44. The summed E-state index contributed by atoms with van der Waals surface area (Å²) in [5.41, 5.74) is 1.76. The summed E-state index contributed by atoms with van der Waals surface area (Å²) < 4.78 is 0. The fraction of sp³-hybridized carbons (Fsp3) is 0.545. The third-order valence-corrected chi connectivity index (χ3v) is 7.26. The van der Waals surface area contributed by atoms with Crippen molar-refractivity contribution < 1.29 is 9.59 Å². The van der Waals surface area contributed by atoms with Crippen molar-refractivity contribution in [2.45, 2.75) is 53.0 Å². The van der Waals surface area contributed by atoms with Crippen LogP contribution in [0, 0.1) is 23.2 Å². The minimum absolute atomic E-state index is 0.0590.